The molecule has 2 rings (SSSR count). The van der Waals surface area contributed by atoms with E-state index < -0.39 is 0 Å². The Morgan fingerprint density at radius 1 is 1.26 bits per heavy atom. The van der Waals surface area contributed by atoms with Crippen molar-refractivity contribution in [2.75, 3.05) is 12.4 Å². The summed E-state index contributed by atoms with van der Waals surface area (Å²) in [7, 11) is 1.57. The van der Waals surface area contributed by atoms with Gasteiger partial charge in [-0.25, -0.2) is 4.39 Å². The highest BCUT2D eigenvalue weighted by Gasteiger charge is 2.04. The third kappa shape index (κ3) is 3.23. The third-order valence-corrected chi connectivity index (χ3v) is 2.72. The number of nitrogens with one attached hydrogen (secondary N) is 1. The quantitative estimate of drug-likeness (QED) is 0.912. The highest BCUT2D eigenvalue weighted by molar-refractivity contribution is 5.60. The van der Waals surface area contributed by atoms with E-state index in [1.807, 2.05) is 6.07 Å². The third-order valence-electron chi connectivity index (χ3n) is 2.72. The average Bonchev–Trinajstić information content (AvgIpc) is 2.45. The average molecular weight is 256 g/mol. The number of halogens is 1. The smallest absolute Gasteiger partial charge is 0.123 e. The van der Waals surface area contributed by atoms with Crippen molar-refractivity contribution in [2.24, 2.45) is 0 Å². The van der Waals surface area contributed by atoms with Crippen molar-refractivity contribution >= 4 is 5.69 Å². The van der Waals surface area contributed by atoms with Crippen LogP contribution in [0.25, 0.3) is 0 Å². The van der Waals surface area contributed by atoms with E-state index >= 15 is 0 Å². The molecule has 2 aromatic rings. The van der Waals surface area contributed by atoms with E-state index in [0.717, 1.165) is 5.56 Å². The molecule has 0 saturated heterocycles. The highest BCUT2D eigenvalue weighted by atomic mass is 19.1. The lowest BCUT2D eigenvalue weighted by Crippen LogP contribution is -2.02. The summed E-state index contributed by atoms with van der Waals surface area (Å²) in [4.78, 5) is 0. The summed E-state index contributed by atoms with van der Waals surface area (Å²) in [6.07, 6.45) is 0. The van der Waals surface area contributed by atoms with Gasteiger partial charge >= 0.3 is 0 Å². The Balaban J connectivity index is 2.17. The lowest BCUT2D eigenvalue weighted by molar-refractivity contribution is 0.415. The zero-order valence-electron chi connectivity index (χ0n) is 10.5. The Morgan fingerprint density at radius 3 is 2.79 bits per heavy atom. The summed E-state index contributed by atoms with van der Waals surface area (Å²) in [6, 6.07) is 13.6. The van der Waals surface area contributed by atoms with Gasteiger partial charge in [-0.3, -0.25) is 0 Å². The van der Waals surface area contributed by atoms with Crippen LogP contribution in [-0.4, -0.2) is 7.11 Å². The molecule has 0 fully saturated rings. The van der Waals surface area contributed by atoms with E-state index in [9.17, 15) is 4.39 Å². The molecule has 0 atom stereocenters. The first kappa shape index (κ1) is 12.9. The molecule has 0 aliphatic heterocycles. The molecule has 0 heterocycles. The van der Waals surface area contributed by atoms with Crippen molar-refractivity contribution < 1.29 is 9.13 Å². The Morgan fingerprint density at radius 2 is 2.11 bits per heavy atom. The van der Waals surface area contributed by atoms with E-state index in [4.69, 9.17) is 10.00 Å². The van der Waals surface area contributed by atoms with Crippen LogP contribution >= 0.6 is 0 Å². The van der Waals surface area contributed by atoms with Gasteiger partial charge in [0.25, 0.3) is 0 Å². The van der Waals surface area contributed by atoms with Crippen LogP contribution in [0.4, 0.5) is 10.1 Å². The molecule has 0 aromatic heterocycles. The number of ether oxygens (including phenoxy) is 1. The predicted octanol–water partition coefficient (Wildman–Crippen LogP) is 3.32. The van der Waals surface area contributed by atoms with E-state index in [-0.39, 0.29) is 5.82 Å². The Bertz CT molecular complexity index is 620. The van der Waals surface area contributed by atoms with Crippen LogP contribution in [0.1, 0.15) is 11.1 Å². The van der Waals surface area contributed by atoms with Crippen LogP contribution in [0, 0.1) is 17.1 Å². The lowest BCUT2D eigenvalue weighted by atomic mass is 10.1. The van der Waals surface area contributed by atoms with Crippen molar-refractivity contribution in [3.63, 3.8) is 0 Å². The summed E-state index contributed by atoms with van der Waals surface area (Å²) in [6.45, 7) is 0.444. The first-order chi connectivity index (χ1) is 9.22. The number of hydrogen-bond donors (Lipinski definition) is 1. The Hall–Kier alpha value is -2.54. The summed E-state index contributed by atoms with van der Waals surface area (Å²) >= 11 is 0. The molecular formula is C15H13FN2O. The number of hydrogen-bond acceptors (Lipinski definition) is 3. The molecule has 3 nitrogen and oxygen atoms in total. The van der Waals surface area contributed by atoms with Crippen molar-refractivity contribution in [1.82, 2.24) is 0 Å². The normalized spacial score (nSPS) is 9.74. The van der Waals surface area contributed by atoms with Gasteiger partial charge in [-0.1, -0.05) is 12.1 Å². The SMILES string of the molecule is COc1ccc(C#N)c(NCc2cccc(F)c2)c1. The minimum atomic E-state index is -0.273. The maximum absolute atomic E-state index is 13.1. The zero-order chi connectivity index (χ0) is 13.7. The molecule has 0 amide bonds. The van der Waals surface area contributed by atoms with Gasteiger partial charge in [0.05, 0.1) is 18.4 Å². The van der Waals surface area contributed by atoms with Crippen LogP contribution < -0.4 is 10.1 Å². The molecule has 4 heteroatoms. The van der Waals surface area contributed by atoms with Gasteiger partial charge in [0.15, 0.2) is 0 Å². The summed E-state index contributed by atoms with van der Waals surface area (Å²) in [5.41, 5.74) is 2.01. The van der Waals surface area contributed by atoms with Crippen LogP contribution in [-0.2, 0) is 6.54 Å². The zero-order valence-corrected chi connectivity index (χ0v) is 10.5. The van der Waals surface area contributed by atoms with Crippen LogP contribution in [0.15, 0.2) is 42.5 Å². The maximum atomic E-state index is 13.1. The molecule has 0 unspecified atom stereocenters. The van der Waals surface area contributed by atoms with Gasteiger partial charge in [0.2, 0.25) is 0 Å². The largest absolute Gasteiger partial charge is 0.497 e. The van der Waals surface area contributed by atoms with Crippen LogP contribution in [0.5, 0.6) is 5.75 Å². The summed E-state index contributed by atoms with van der Waals surface area (Å²) in [5, 5.41) is 12.1. The number of methoxy groups -OCH3 is 1. The molecule has 0 aliphatic carbocycles. The maximum Gasteiger partial charge on any atom is 0.123 e. The molecule has 1 N–H and O–H groups in total. The molecule has 0 saturated carbocycles. The van der Waals surface area contributed by atoms with E-state index in [1.54, 1.807) is 31.4 Å². The van der Waals surface area contributed by atoms with Crippen molar-refractivity contribution in [3.8, 4) is 11.8 Å². The van der Waals surface area contributed by atoms with Gasteiger partial charge in [-0.2, -0.15) is 5.26 Å². The van der Waals surface area contributed by atoms with Crippen molar-refractivity contribution in [2.45, 2.75) is 6.54 Å². The molecule has 2 aromatic carbocycles. The van der Waals surface area contributed by atoms with Crippen LogP contribution in [0.2, 0.25) is 0 Å². The first-order valence-corrected chi connectivity index (χ1v) is 5.79. The number of nitriles is 1. The minimum absolute atomic E-state index is 0.273. The predicted molar refractivity (Wildman–Crippen MR) is 71.4 cm³/mol. The summed E-state index contributed by atoms with van der Waals surface area (Å²) < 4.78 is 18.2. The highest BCUT2D eigenvalue weighted by Crippen LogP contribution is 2.22. The van der Waals surface area contributed by atoms with Crippen molar-refractivity contribution in [3.05, 3.63) is 59.4 Å². The van der Waals surface area contributed by atoms with Gasteiger partial charge in [0, 0.05) is 12.6 Å². The number of benzene rings is 2. The standard InChI is InChI=1S/C15H13FN2O/c1-19-14-6-5-12(9-17)15(8-14)18-10-11-3-2-4-13(16)7-11/h2-8,18H,10H2,1H3. The first-order valence-electron chi connectivity index (χ1n) is 5.79. The van der Waals surface area contributed by atoms with E-state index in [2.05, 4.69) is 11.4 Å². The fourth-order valence-corrected chi connectivity index (χ4v) is 1.74. The lowest BCUT2D eigenvalue weighted by Gasteiger charge is -2.10. The second kappa shape index (κ2) is 5.87. The Labute approximate surface area is 111 Å². The minimum Gasteiger partial charge on any atom is -0.497 e. The monoisotopic (exact) mass is 256 g/mol. The van der Waals surface area contributed by atoms with Gasteiger partial charge in [-0.05, 0) is 29.8 Å². The fraction of sp³-hybridized carbons (Fsp3) is 0.133. The number of anilines is 1. The van der Waals surface area contributed by atoms with E-state index in [0.29, 0.717) is 23.5 Å². The molecule has 0 radical (unpaired) electrons. The second-order valence-electron chi connectivity index (χ2n) is 4.01. The molecular weight excluding hydrogens is 243 g/mol. The molecule has 96 valence electrons. The summed E-state index contributed by atoms with van der Waals surface area (Å²) in [5.74, 6) is 0.395. The second-order valence-corrected chi connectivity index (χ2v) is 4.01. The van der Waals surface area contributed by atoms with Gasteiger partial charge < -0.3 is 10.1 Å². The van der Waals surface area contributed by atoms with Gasteiger partial charge in [-0.15, -0.1) is 0 Å². The fourth-order valence-electron chi connectivity index (χ4n) is 1.74. The topological polar surface area (TPSA) is 45.0 Å². The van der Waals surface area contributed by atoms with Crippen molar-refractivity contribution in [1.29, 1.82) is 5.26 Å². The Kier molecular flexibility index (Phi) is 3.99. The number of rotatable bonds is 4. The molecule has 19 heavy (non-hydrogen) atoms. The molecule has 0 aliphatic rings. The van der Waals surface area contributed by atoms with Gasteiger partial charge in [0.1, 0.15) is 17.6 Å². The number of nitrogens with zero attached hydrogens (tertiary/aromatic N) is 1. The van der Waals surface area contributed by atoms with E-state index in [1.165, 1.54) is 12.1 Å². The molecule has 0 bridgehead atoms. The van der Waals surface area contributed by atoms with Crippen LogP contribution in [0.3, 0.4) is 0 Å². The molecule has 0 spiro atoms.